The molecular formula is C21H25ClFN7O2. The zero-order chi connectivity index (χ0) is 22.2. The molecular weight excluding hydrogens is 437 g/mol. The van der Waals surface area contributed by atoms with Crippen LogP contribution in [-0.4, -0.2) is 44.1 Å². The van der Waals surface area contributed by atoms with Gasteiger partial charge in [0.25, 0.3) is 0 Å². The van der Waals surface area contributed by atoms with Gasteiger partial charge in [0.15, 0.2) is 0 Å². The molecule has 0 radical (unpaired) electrons. The van der Waals surface area contributed by atoms with Crippen molar-refractivity contribution < 1.29 is 13.5 Å². The molecule has 1 N–H and O–H groups in total. The number of piperidine rings is 1. The van der Waals surface area contributed by atoms with Crippen LogP contribution in [0.3, 0.4) is 0 Å². The van der Waals surface area contributed by atoms with Crippen molar-refractivity contribution in [2.45, 2.75) is 45.7 Å². The first-order valence-corrected chi connectivity index (χ1v) is 11.3. The molecule has 0 amide bonds. The fourth-order valence-electron chi connectivity index (χ4n) is 4.65. The minimum absolute atomic E-state index is 0.00202. The first-order valence-electron chi connectivity index (χ1n) is 10.9. The van der Waals surface area contributed by atoms with E-state index in [0.29, 0.717) is 48.0 Å². The molecule has 2 bridgehead atoms. The summed E-state index contributed by atoms with van der Waals surface area (Å²) in [6, 6.07) is 5.44. The fourth-order valence-corrected chi connectivity index (χ4v) is 4.82. The zero-order valence-electron chi connectivity index (χ0n) is 18.0. The minimum Gasteiger partial charge on any atom is -0.424 e. The van der Waals surface area contributed by atoms with Gasteiger partial charge < -0.3 is 19.4 Å². The van der Waals surface area contributed by atoms with E-state index < -0.39 is 5.82 Å². The van der Waals surface area contributed by atoms with Crippen LogP contribution >= 0.6 is 11.6 Å². The standard InChI is InChI=1S/C21H25ClFN7O2/c1-3-8-30-20(32-15-6-7-17(23)16(22)9-15)25-19(28-30)24-18-13-4-5-14(18)11-29(10-13)21-27-26-12(2)31-21/h6-7,9,13-14,18H,3-5,8,10-11H2,1-2H3,(H,24,28)/t13-,14+,18-. The number of ether oxygens (including phenoxy) is 1. The largest absolute Gasteiger partial charge is 0.424 e. The van der Waals surface area contributed by atoms with Crippen LogP contribution in [0.2, 0.25) is 5.02 Å². The third-order valence-electron chi connectivity index (χ3n) is 6.09. The second-order valence-corrected chi connectivity index (χ2v) is 8.80. The van der Waals surface area contributed by atoms with Crippen molar-refractivity contribution in [1.29, 1.82) is 0 Å². The number of halogens is 2. The summed E-state index contributed by atoms with van der Waals surface area (Å²) in [5, 5.41) is 16.3. The molecule has 1 aliphatic heterocycles. The molecule has 2 fully saturated rings. The Hall–Kier alpha value is -2.88. The van der Waals surface area contributed by atoms with E-state index in [9.17, 15) is 4.39 Å². The van der Waals surface area contributed by atoms with Gasteiger partial charge in [-0.1, -0.05) is 23.6 Å². The van der Waals surface area contributed by atoms with E-state index in [1.807, 2.05) is 0 Å². The van der Waals surface area contributed by atoms with Crippen LogP contribution in [0.5, 0.6) is 11.8 Å². The van der Waals surface area contributed by atoms with Gasteiger partial charge in [-0.05, 0) is 43.2 Å². The summed E-state index contributed by atoms with van der Waals surface area (Å²) in [6.07, 6.45) is 3.12. The van der Waals surface area contributed by atoms with Crippen molar-refractivity contribution in [3.8, 4) is 11.8 Å². The van der Waals surface area contributed by atoms with Gasteiger partial charge in [-0.15, -0.1) is 10.2 Å². The lowest BCUT2D eigenvalue weighted by Gasteiger charge is -2.37. The Morgan fingerprint density at radius 2 is 2.03 bits per heavy atom. The van der Waals surface area contributed by atoms with Crippen LogP contribution in [0.25, 0.3) is 0 Å². The molecule has 170 valence electrons. The molecule has 9 nitrogen and oxygen atoms in total. The lowest BCUT2D eigenvalue weighted by molar-refractivity contribution is 0.357. The molecule has 1 aliphatic carbocycles. The molecule has 0 spiro atoms. The highest BCUT2D eigenvalue weighted by molar-refractivity contribution is 6.30. The van der Waals surface area contributed by atoms with Crippen molar-refractivity contribution in [2.24, 2.45) is 11.8 Å². The Kier molecular flexibility index (Phi) is 5.62. The average molecular weight is 462 g/mol. The predicted octanol–water partition coefficient (Wildman–Crippen LogP) is 4.29. The van der Waals surface area contributed by atoms with E-state index >= 15 is 0 Å². The number of benzene rings is 1. The third kappa shape index (κ3) is 4.11. The molecule has 5 rings (SSSR count). The maximum absolute atomic E-state index is 13.5. The molecule has 0 unspecified atom stereocenters. The molecule has 3 heterocycles. The van der Waals surface area contributed by atoms with E-state index in [2.05, 4.69) is 37.4 Å². The highest BCUT2D eigenvalue weighted by atomic mass is 35.5. The van der Waals surface area contributed by atoms with Crippen molar-refractivity contribution in [1.82, 2.24) is 25.0 Å². The first-order chi connectivity index (χ1) is 15.5. The SMILES string of the molecule is CCCn1nc(N[C@@H]2[C@@H]3CC[C@H]2CN(c2nnc(C)o2)C3)nc1Oc1ccc(F)c(Cl)c1. The molecule has 3 aromatic rings. The van der Waals surface area contributed by atoms with Crippen molar-refractivity contribution in [2.75, 3.05) is 23.3 Å². The number of fused-ring (bicyclic) bond motifs is 2. The van der Waals surface area contributed by atoms with E-state index in [4.69, 9.17) is 20.8 Å². The summed E-state index contributed by atoms with van der Waals surface area (Å²) in [5.41, 5.74) is 0. The van der Waals surface area contributed by atoms with Crippen LogP contribution in [-0.2, 0) is 6.54 Å². The first kappa shape index (κ1) is 21.0. The van der Waals surface area contributed by atoms with Crippen molar-refractivity contribution >= 4 is 23.6 Å². The summed E-state index contributed by atoms with van der Waals surface area (Å²) in [7, 11) is 0. The Morgan fingerprint density at radius 1 is 1.25 bits per heavy atom. The van der Waals surface area contributed by atoms with Crippen LogP contribution in [0.15, 0.2) is 22.6 Å². The van der Waals surface area contributed by atoms with Crippen molar-refractivity contribution in [3.63, 3.8) is 0 Å². The summed E-state index contributed by atoms with van der Waals surface area (Å²) in [4.78, 5) is 6.75. The Morgan fingerprint density at radius 3 is 2.69 bits per heavy atom. The second kappa shape index (κ2) is 8.57. The van der Waals surface area contributed by atoms with E-state index in [1.54, 1.807) is 11.6 Å². The highest BCUT2D eigenvalue weighted by Gasteiger charge is 2.43. The molecule has 32 heavy (non-hydrogen) atoms. The summed E-state index contributed by atoms with van der Waals surface area (Å²) in [6.45, 7) is 6.21. The highest BCUT2D eigenvalue weighted by Crippen LogP contribution is 2.40. The van der Waals surface area contributed by atoms with Gasteiger partial charge in [-0.25, -0.2) is 9.07 Å². The molecule has 11 heteroatoms. The van der Waals surface area contributed by atoms with Crippen LogP contribution < -0.4 is 15.0 Å². The second-order valence-electron chi connectivity index (χ2n) is 8.40. The monoisotopic (exact) mass is 461 g/mol. The van der Waals surface area contributed by atoms with Gasteiger partial charge in [-0.3, -0.25) is 0 Å². The summed E-state index contributed by atoms with van der Waals surface area (Å²) >= 11 is 5.88. The van der Waals surface area contributed by atoms with Gasteiger partial charge >= 0.3 is 12.0 Å². The van der Waals surface area contributed by atoms with Crippen LogP contribution in [0.1, 0.15) is 32.1 Å². The van der Waals surface area contributed by atoms with Crippen molar-refractivity contribution in [3.05, 3.63) is 34.9 Å². The van der Waals surface area contributed by atoms with Gasteiger partial charge in [0.05, 0.1) is 5.02 Å². The number of nitrogens with one attached hydrogen (secondary N) is 1. The summed E-state index contributed by atoms with van der Waals surface area (Å²) in [5.74, 6) is 1.89. The lowest BCUT2D eigenvalue weighted by atomic mass is 9.92. The van der Waals surface area contributed by atoms with E-state index in [1.165, 1.54) is 18.2 Å². The molecule has 1 saturated heterocycles. The lowest BCUT2D eigenvalue weighted by Crippen LogP contribution is -2.48. The van der Waals surface area contributed by atoms with Gasteiger partial charge in [0.1, 0.15) is 11.6 Å². The topological polar surface area (TPSA) is 94.1 Å². The summed E-state index contributed by atoms with van der Waals surface area (Å²) < 4.78 is 26.7. The quantitative estimate of drug-likeness (QED) is 0.556. The van der Waals surface area contributed by atoms with Crippen LogP contribution in [0, 0.1) is 24.6 Å². The molecule has 2 aromatic heterocycles. The fraction of sp³-hybridized carbons (Fsp3) is 0.524. The van der Waals surface area contributed by atoms with E-state index in [-0.39, 0.29) is 11.1 Å². The smallest absolute Gasteiger partial charge is 0.322 e. The van der Waals surface area contributed by atoms with E-state index in [0.717, 1.165) is 32.4 Å². The number of nitrogens with zero attached hydrogens (tertiary/aromatic N) is 6. The number of hydrogen-bond acceptors (Lipinski definition) is 8. The number of aryl methyl sites for hydroxylation is 2. The Balaban J connectivity index is 1.31. The maximum Gasteiger partial charge on any atom is 0.322 e. The zero-order valence-corrected chi connectivity index (χ0v) is 18.7. The number of anilines is 2. The molecule has 1 aromatic carbocycles. The number of aromatic nitrogens is 5. The molecule has 3 atom stereocenters. The van der Waals surface area contributed by atoms with Gasteiger partial charge in [0, 0.05) is 38.7 Å². The predicted molar refractivity (Wildman–Crippen MR) is 117 cm³/mol. The number of hydrogen-bond donors (Lipinski definition) is 1. The Bertz CT molecular complexity index is 1090. The third-order valence-corrected chi connectivity index (χ3v) is 6.38. The van der Waals surface area contributed by atoms with Gasteiger partial charge in [0.2, 0.25) is 11.8 Å². The number of rotatable bonds is 7. The van der Waals surface area contributed by atoms with Crippen LogP contribution in [0.4, 0.5) is 16.4 Å². The maximum atomic E-state index is 13.5. The average Bonchev–Trinajstić information content (AvgIpc) is 3.42. The van der Waals surface area contributed by atoms with Gasteiger partial charge in [-0.2, -0.15) is 4.98 Å². The normalized spacial score (nSPS) is 22.4. The minimum atomic E-state index is -0.492. The molecule has 2 aliphatic rings. The molecule has 1 saturated carbocycles. The Labute approximate surface area is 189 Å².